The number of carbonyl (C=O) groups excluding carboxylic acids is 1. The molecule has 1 heterocycles. The lowest BCUT2D eigenvalue weighted by atomic mass is 10.00. The minimum atomic E-state index is -0.282. The van der Waals surface area contributed by atoms with Crippen molar-refractivity contribution in [2.45, 2.75) is 39.8 Å². The molecule has 0 bridgehead atoms. The third kappa shape index (κ3) is 4.73. The fourth-order valence-electron chi connectivity index (χ4n) is 3.24. The van der Waals surface area contributed by atoms with Crippen LogP contribution in [-0.4, -0.2) is 29.2 Å². The third-order valence-electron chi connectivity index (χ3n) is 4.71. The molecule has 0 spiro atoms. The van der Waals surface area contributed by atoms with Crippen molar-refractivity contribution in [1.82, 2.24) is 4.90 Å². The summed E-state index contributed by atoms with van der Waals surface area (Å²) in [6.45, 7) is 6.69. The fraction of sp³-hybridized carbons (Fsp3) is 0.364. The number of aryl methyl sites for hydroxylation is 1. The zero-order valence-corrected chi connectivity index (χ0v) is 16.0. The Morgan fingerprint density at radius 3 is 2.59 bits per heavy atom. The van der Waals surface area contributed by atoms with Gasteiger partial charge in [-0.05, 0) is 30.2 Å². The number of carbonyl (C=O) groups is 1. The Labute approximate surface area is 159 Å². The summed E-state index contributed by atoms with van der Waals surface area (Å²) in [6, 6.07) is 14.3. The molecule has 142 valence electrons. The predicted octanol–water partition coefficient (Wildman–Crippen LogP) is 4.31. The van der Waals surface area contributed by atoms with Crippen LogP contribution in [0.5, 0.6) is 0 Å². The molecule has 1 aliphatic rings. The molecule has 2 aromatic carbocycles. The molecule has 2 aromatic rings. The van der Waals surface area contributed by atoms with Gasteiger partial charge in [0.1, 0.15) is 5.82 Å². The first-order valence-electron chi connectivity index (χ1n) is 9.26. The zero-order chi connectivity index (χ0) is 19.4. The molecule has 5 heteroatoms. The van der Waals surface area contributed by atoms with Gasteiger partial charge in [0.05, 0.1) is 12.3 Å². The van der Waals surface area contributed by atoms with E-state index in [2.05, 4.69) is 5.16 Å². The predicted molar refractivity (Wildman–Crippen MR) is 104 cm³/mol. The van der Waals surface area contributed by atoms with Crippen molar-refractivity contribution in [2.75, 3.05) is 6.54 Å². The van der Waals surface area contributed by atoms with Crippen molar-refractivity contribution in [3.05, 3.63) is 71.0 Å². The fourth-order valence-corrected chi connectivity index (χ4v) is 3.24. The van der Waals surface area contributed by atoms with Gasteiger partial charge in [0.25, 0.3) is 0 Å². The Bertz CT molecular complexity index is 830. The van der Waals surface area contributed by atoms with Gasteiger partial charge in [-0.15, -0.1) is 0 Å². The van der Waals surface area contributed by atoms with Crippen molar-refractivity contribution in [3.63, 3.8) is 0 Å². The molecular weight excluding hydrogens is 343 g/mol. The molecule has 0 N–H and O–H groups in total. The van der Waals surface area contributed by atoms with E-state index >= 15 is 0 Å². The molecule has 0 fully saturated rings. The first-order chi connectivity index (χ1) is 12.9. The summed E-state index contributed by atoms with van der Waals surface area (Å²) in [6.07, 6.45) is 0.485. The number of hydrogen-bond donors (Lipinski definition) is 0. The van der Waals surface area contributed by atoms with Crippen LogP contribution in [0.2, 0.25) is 0 Å². The van der Waals surface area contributed by atoms with E-state index in [1.54, 1.807) is 17.0 Å². The summed E-state index contributed by atoms with van der Waals surface area (Å²) in [4.78, 5) is 20.1. The Morgan fingerprint density at radius 1 is 1.22 bits per heavy atom. The van der Waals surface area contributed by atoms with Crippen LogP contribution in [0.25, 0.3) is 0 Å². The lowest BCUT2D eigenvalue weighted by Gasteiger charge is -2.26. The summed E-state index contributed by atoms with van der Waals surface area (Å²) in [5.74, 6) is -0.355. The minimum absolute atomic E-state index is 0.0484. The van der Waals surface area contributed by atoms with E-state index in [4.69, 9.17) is 4.84 Å². The highest BCUT2D eigenvalue weighted by molar-refractivity contribution is 6.02. The third-order valence-corrected chi connectivity index (χ3v) is 4.71. The summed E-state index contributed by atoms with van der Waals surface area (Å²) in [5, 5.41) is 4.25. The lowest BCUT2D eigenvalue weighted by molar-refractivity contribution is -0.136. The highest BCUT2D eigenvalue weighted by Gasteiger charge is 2.28. The van der Waals surface area contributed by atoms with E-state index < -0.39 is 0 Å². The highest BCUT2D eigenvalue weighted by Crippen LogP contribution is 2.21. The molecule has 27 heavy (non-hydrogen) atoms. The molecule has 0 saturated heterocycles. The van der Waals surface area contributed by atoms with Crippen LogP contribution in [0.15, 0.2) is 53.7 Å². The number of oxime groups is 1. The van der Waals surface area contributed by atoms with Crippen molar-refractivity contribution in [3.8, 4) is 0 Å². The zero-order valence-electron chi connectivity index (χ0n) is 16.0. The molecule has 1 atom stereocenters. The molecule has 1 aliphatic heterocycles. The average Bonchev–Trinajstić information content (AvgIpc) is 3.11. The second kappa shape index (κ2) is 8.33. The number of nitrogens with zero attached hydrogens (tertiary/aromatic N) is 2. The van der Waals surface area contributed by atoms with Gasteiger partial charge in [-0.2, -0.15) is 0 Å². The molecule has 0 radical (unpaired) electrons. The number of amides is 1. The van der Waals surface area contributed by atoms with Crippen molar-refractivity contribution < 1.29 is 14.0 Å². The number of hydrogen-bond acceptors (Lipinski definition) is 3. The molecule has 1 unspecified atom stereocenters. The first-order valence-corrected chi connectivity index (χ1v) is 9.26. The van der Waals surface area contributed by atoms with Crippen molar-refractivity contribution >= 4 is 11.6 Å². The molecule has 3 rings (SSSR count). The van der Waals surface area contributed by atoms with E-state index in [9.17, 15) is 9.18 Å². The molecule has 0 aliphatic carbocycles. The normalized spacial score (nSPS) is 16.2. The highest BCUT2D eigenvalue weighted by atomic mass is 19.1. The van der Waals surface area contributed by atoms with Gasteiger partial charge in [0.15, 0.2) is 6.10 Å². The summed E-state index contributed by atoms with van der Waals surface area (Å²) >= 11 is 0. The molecule has 4 nitrogen and oxygen atoms in total. The number of halogens is 1. The second-order valence-electron chi connectivity index (χ2n) is 7.28. The maximum Gasteiger partial charge on any atom is 0.225 e. The van der Waals surface area contributed by atoms with E-state index in [-0.39, 0.29) is 23.7 Å². The van der Waals surface area contributed by atoms with E-state index in [1.807, 2.05) is 45.0 Å². The van der Waals surface area contributed by atoms with Gasteiger partial charge >= 0.3 is 0 Å². The van der Waals surface area contributed by atoms with Gasteiger partial charge in [-0.1, -0.05) is 55.4 Å². The van der Waals surface area contributed by atoms with Crippen LogP contribution < -0.4 is 0 Å². The standard InChI is InChI=1S/C22H25FN2O2/c1-15(2)22(26)25(13-17-8-10-18(23)11-9-17)14-19-12-21(24-27-19)20-7-5-4-6-16(20)3/h4-11,15,19H,12-14H2,1-3H3. The monoisotopic (exact) mass is 368 g/mol. The summed E-state index contributed by atoms with van der Waals surface area (Å²) in [7, 11) is 0. The van der Waals surface area contributed by atoms with Crippen LogP contribution in [-0.2, 0) is 16.2 Å². The van der Waals surface area contributed by atoms with Gasteiger partial charge in [-0.3, -0.25) is 4.79 Å². The Hall–Kier alpha value is -2.69. The average molecular weight is 368 g/mol. The molecule has 1 amide bonds. The molecular formula is C22H25FN2O2. The Morgan fingerprint density at radius 2 is 1.93 bits per heavy atom. The van der Waals surface area contributed by atoms with Crippen LogP contribution in [0.4, 0.5) is 4.39 Å². The van der Waals surface area contributed by atoms with Gasteiger partial charge in [-0.25, -0.2) is 4.39 Å². The Kier molecular flexibility index (Phi) is 5.89. The number of benzene rings is 2. The summed E-state index contributed by atoms with van der Waals surface area (Å²) < 4.78 is 13.2. The second-order valence-corrected chi connectivity index (χ2v) is 7.28. The SMILES string of the molecule is Cc1ccccc1C1=NOC(CN(Cc2ccc(F)cc2)C(=O)C(C)C)C1. The van der Waals surface area contributed by atoms with Crippen LogP contribution in [0, 0.1) is 18.7 Å². The largest absolute Gasteiger partial charge is 0.390 e. The number of rotatable bonds is 6. The van der Waals surface area contributed by atoms with Crippen molar-refractivity contribution in [1.29, 1.82) is 0 Å². The van der Waals surface area contributed by atoms with Crippen LogP contribution in [0.3, 0.4) is 0 Å². The van der Waals surface area contributed by atoms with E-state index in [0.717, 1.165) is 22.4 Å². The van der Waals surface area contributed by atoms with Crippen molar-refractivity contribution in [2.24, 2.45) is 11.1 Å². The quantitative estimate of drug-likeness (QED) is 0.762. The maximum absolute atomic E-state index is 13.2. The van der Waals surface area contributed by atoms with E-state index in [0.29, 0.717) is 19.5 Å². The molecule has 0 aromatic heterocycles. The topological polar surface area (TPSA) is 41.9 Å². The van der Waals surface area contributed by atoms with Crippen LogP contribution >= 0.6 is 0 Å². The van der Waals surface area contributed by atoms with Crippen LogP contribution in [0.1, 0.15) is 37.0 Å². The van der Waals surface area contributed by atoms with Gasteiger partial charge in [0, 0.05) is 24.4 Å². The summed E-state index contributed by atoms with van der Waals surface area (Å²) in [5.41, 5.74) is 4.04. The maximum atomic E-state index is 13.2. The lowest BCUT2D eigenvalue weighted by Crippen LogP contribution is -2.39. The van der Waals surface area contributed by atoms with Gasteiger partial charge < -0.3 is 9.74 Å². The smallest absolute Gasteiger partial charge is 0.225 e. The first kappa shape index (κ1) is 19.1. The van der Waals surface area contributed by atoms with Gasteiger partial charge in [0.2, 0.25) is 5.91 Å². The Balaban J connectivity index is 1.69. The van der Waals surface area contributed by atoms with E-state index in [1.165, 1.54) is 12.1 Å². The molecule has 0 saturated carbocycles. The minimum Gasteiger partial charge on any atom is -0.390 e.